The topological polar surface area (TPSA) is 110 Å². The maximum Gasteiger partial charge on any atom is 0.249 e. The van der Waals surface area contributed by atoms with Gasteiger partial charge < -0.3 is 25.7 Å². The Morgan fingerprint density at radius 2 is 0.840 bits per heavy atom. The molecule has 0 radical (unpaired) electrons. The Balaban J connectivity index is 3.77. The van der Waals surface area contributed by atoms with E-state index in [0.717, 1.165) is 57.8 Å². The molecule has 0 aromatic rings. The third-order valence-corrected chi connectivity index (χ3v) is 9.80. The molecule has 6 nitrogen and oxygen atoms in total. The van der Waals surface area contributed by atoms with Crippen LogP contribution in [0.2, 0.25) is 0 Å². The molecule has 0 rings (SSSR count). The monoisotopic (exact) mass is 706 g/mol. The third kappa shape index (κ3) is 32.4. The van der Waals surface area contributed by atoms with Gasteiger partial charge in [-0.25, -0.2) is 0 Å². The molecule has 0 heterocycles. The van der Waals surface area contributed by atoms with Crippen LogP contribution in [0.15, 0.2) is 36.5 Å². The summed E-state index contributed by atoms with van der Waals surface area (Å²) in [6.07, 6.45) is 44.7. The van der Waals surface area contributed by atoms with E-state index >= 15 is 0 Å². The summed E-state index contributed by atoms with van der Waals surface area (Å²) in [4.78, 5) is 12.5. The Kier molecular flexibility index (Phi) is 37.6. The lowest BCUT2D eigenvalue weighted by Crippen LogP contribution is -2.53. The van der Waals surface area contributed by atoms with Crippen molar-refractivity contribution in [2.24, 2.45) is 0 Å². The standard InChI is InChI=1S/C44H83NO5/c1-3-5-7-9-11-13-15-17-18-19-20-21-22-23-24-25-26-28-30-32-34-36-38-42(48)44(50)45-40(39-46)43(49)41(47)37-35-33-31-29-27-16-14-12-10-8-6-4-2/h12,14,23-24,29,31,40-43,46-49H,3-11,13,15-22,25-28,30,32-39H2,1-2H3,(H,45,50)/b14-12+,24-23-,31-29+. The number of hydrogen-bond acceptors (Lipinski definition) is 5. The summed E-state index contributed by atoms with van der Waals surface area (Å²) >= 11 is 0. The Bertz CT molecular complexity index is 797. The Morgan fingerprint density at radius 3 is 1.30 bits per heavy atom. The molecule has 294 valence electrons. The van der Waals surface area contributed by atoms with Crippen molar-refractivity contribution in [1.82, 2.24) is 5.32 Å². The van der Waals surface area contributed by atoms with Crippen LogP contribution in [0.3, 0.4) is 0 Å². The van der Waals surface area contributed by atoms with Gasteiger partial charge in [0.25, 0.3) is 0 Å². The van der Waals surface area contributed by atoms with Crippen LogP contribution in [0.1, 0.15) is 206 Å². The fourth-order valence-corrected chi connectivity index (χ4v) is 6.35. The van der Waals surface area contributed by atoms with Crippen LogP contribution in [0.25, 0.3) is 0 Å². The number of carbonyl (C=O) groups is 1. The van der Waals surface area contributed by atoms with Crippen molar-refractivity contribution in [2.75, 3.05) is 6.61 Å². The van der Waals surface area contributed by atoms with E-state index in [1.54, 1.807) is 0 Å². The van der Waals surface area contributed by atoms with Gasteiger partial charge in [0.15, 0.2) is 0 Å². The Labute approximate surface area is 309 Å². The minimum Gasteiger partial charge on any atom is -0.394 e. The molecule has 0 aliphatic carbocycles. The maximum atomic E-state index is 12.5. The summed E-state index contributed by atoms with van der Waals surface area (Å²) in [6, 6.07) is -1.01. The summed E-state index contributed by atoms with van der Waals surface area (Å²) in [7, 11) is 0. The molecule has 5 N–H and O–H groups in total. The number of rotatable bonds is 38. The molecule has 0 aliphatic rings. The van der Waals surface area contributed by atoms with Gasteiger partial charge in [-0.3, -0.25) is 4.79 Å². The largest absolute Gasteiger partial charge is 0.394 e. The molecule has 6 heteroatoms. The Morgan fingerprint density at radius 1 is 0.480 bits per heavy atom. The van der Waals surface area contributed by atoms with Crippen molar-refractivity contribution in [3.8, 4) is 0 Å². The highest BCUT2D eigenvalue weighted by Crippen LogP contribution is 2.15. The normalized spacial score (nSPS) is 14.6. The summed E-state index contributed by atoms with van der Waals surface area (Å²) in [5, 5.41) is 43.5. The zero-order valence-corrected chi connectivity index (χ0v) is 32.9. The fraction of sp³-hybridized carbons (Fsp3) is 0.841. The highest BCUT2D eigenvalue weighted by Gasteiger charge is 2.28. The molecule has 0 aromatic carbocycles. The number of allylic oxidation sites excluding steroid dienone is 6. The second-order valence-electron chi connectivity index (χ2n) is 14.7. The first-order valence-corrected chi connectivity index (χ1v) is 21.4. The molecule has 0 saturated carbocycles. The smallest absolute Gasteiger partial charge is 0.249 e. The predicted octanol–water partition coefficient (Wildman–Crippen LogP) is 11.0. The lowest BCUT2D eigenvalue weighted by atomic mass is 10.00. The zero-order valence-electron chi connectivity index (χ0n) is 32.9. The summed E-state index contributed by atoms with van der Waals surface area (Å²) in [5.41, 5.74) is 0. The van der Waals surface area contributed by atoms with Crippen LogP contribution in [-0.2, 0) is 4.79 Å². The van der Waals surface area contributed by atoms with Crippen LogP contribution in [0, 0.1) is 0 Å². The first kappa shape index (κ1) is 48.5. The number of nitrogens with one attached hydrogen (secondary N) is 1. The number of amides is 1. The summed E-state index contributed by atoms with van der Waals surface area (Å²) < 4.78 is 0. The van der Waals surface area contributed by atoms with E-state index < -0.39 is 36.9 Å². The van der Waals surface area contributed by atoms with Crippen molar-refractivity contribution in [2.45, 2.75) is 231 Å². The summed E-state index contributed by atoms with van der Waals surface area (Å²) in [6.45, 7) is 3.99. The van der Waals surface area contributed by atoms with Gasteiger partial charge in [-0.15, -0.1) is 0 Å². The molecule has 4 unspecified atom stereocenters. The van der Waals surface area contributed by atoms with E-state index in [1.165, 1.54) is 116 Å². The third-order valence-electron chi connectivity index (χ3n) is 9.80. The highest BCUT2D eigenvalue weighted by atomic mass is 16.3. The number of carbonyl (C=O) groups excluding carboxylic acids is 1. The first-order valence-electron chi connectivity index (χ1n) is 21.4. The van der Waals surface area contributed by atoms with Crippen LogP contribution < -0.4 is 5.32 Å². The van der Waals surface area contributed by atoms with E-state index in [-0.39, 0.29) is 0 Å². The van der Waals surface area contributed by atoms with Gasteiger partial charge in [0.05, 0.1) is 18.8 Å². The Hall–Kier alpha value is -1.47. The molecular weight excluding hydrogens is 622 g/mol. The minimum atomic E-state index is -1.29. The fourth-order valence-electron chi connectivity index (χ4n) is 6.35. The predicted molar refractivity (Wildman–Crippen MR) is 214 cm³/mol. The van der Waals surface area contributed by atoms with Crippen molar-refractivity contribution in [3.05, 3.63) is 36.5 Å². The molecule has 1 amide bonds. The average Bonchev–Trinajstić information content (AvgIpc) is 3.12. The highest BCUT2D eigenvalue weighted by molar-refractivity contribution is 5.80. The van der Waals surface area contributed by atoms with Crippen LogP contribution >= 0.6 is 0 Å². The zero-order chi connectivity index (χ0) is 36.8. The van der Waals surface area contributed by atoms with E-state index in [2.05, 4.69) is 55.6 Å². The van der Waals surface area contributed by atoms with Gasteiger partial charge in [-0.05, 0) is 77.0 Å². The molecule has 4 atom stereocenters. The summed E-state index contributed by atoms with van der Waals surface area (Å²) in [5.74, 6) is -0.604. The van der Waals surface area contributed by atoms with Crippen LogP contribution in [0.4, 0.5) is 0 Å². The quantitative estimate of drug-likeness (QED) is 0.0324. The lowest BCUT2D eigenvalue weighted by molar-refractivity contribution is -0.132. The molecule has 0 spiro atoms. The van der Waals surface area contributed by atoms with Crippen LogP contribution in [0.5, 0.6) is 0 Å². The molecular formula is C44H83NO5. The number of aliphatic hydroxyl groups excluding tert-OH is 4. The molecule has 0 bridgehead atoms. The SMILES string of the molecule is CCCCC/C=C/CC/C=C/CCCC(O)C(O)C(CO)NC(=O)C(O)CCCCCCCC/C=C\CCCCCCCCCCCCCC. The second kappa shape index (κ2) is 38.8. The van der Waals surface area contributed by atoms with Gasteiger partial charge in [0, 0.05) is 0 Å². The molecule has 0 saturated heterocycles. The maximum absolute atomic E-state index is 12.5. The number of hydrogen-bond donors (Lipinski definition) is 5. The minimum absolute atomic E-state index is 0.353. The van der Waals surface area contributed by atoms with E-state index in [0.29, 0.717) is 19.3 Å². The lowest BCUT2D eigenvalue weighted by Gasteiger charge is -2.27. The van der Waals surface area contributed by atoms with Crippen molar-refractivity contribution < 1.29 is 25.2 Å². The van der Waals surface area contributed by atoms with Crippen molar-refractivity contribution >= 4 is 5.91 Å². The average molecular weight is 706 g/mol. The molecule has 50 heavy (non-hydrogen) atoms. The van der Waals surface area contributed by atoms with Crippen LogP contribution in [-0.4, -0.2) is 57.3 Å². The molecule has 0 aromatic heterocycles. The van der Waals surface area contributed by atoms with E-state index in [9.17, 15) is 25.2 Å². The number of unbranched alkanes of at least 4 members (excludes halogenated alkanes) is 23. The molecule has 0 aliphatic heterocycles. The van der Waals surface area contributed by atoms with Crippen molar-refractivity contribution in [3.63, 3.8) is 0 Å². The first-order chi connectivity index (χ1) is 24.5. The van der Waals surface area contributed by atoms with Gasteiger partial charge in [0.2, 0.25) is 5.91 Å². The van der Waals surface area contributed by atoms with Gasteiger partial charge >= 0.3 is 0 Å². The van der Waals surface area contributed by atoms with Crippen molar-refractivity contribution in [1.29, 1.82) is 0 Å². The van der Waals surface area contributed by atoms with Gasteiger partial charge in [0.1, 0.15) is 12.2 Å². The number of aliphatic hydroxyl groups is 4. The van der Waals surface area contributed by atoms with Gasteiger partial charge in [-0.2, -0.15) is 0 Å². The van der Waals surface area contributed by atoms with E-state index in [4.69, 9.17) is 0 Å². The van der Waals surface area contributed by atoms with E-state index in [1.807, 2.05) is 0 Å². The molecule has 0 fully saturated rings. The second-order valence-corrected chi connectivity index (χ2v) is 14.7. The van der Waals surface area contributed by atoms with Gasteiger partial charge in [-0.1, -0.05) is 166 Å².